The van der Waals surface area contributed by atoms with Gasteiger partial charge >= 0.3 is 0 Å². The van der Waals surface area contributed by atoms with Crippen LogP contribution in [0.1, 0.15) is 24.2 Å². The summed E-state index contributed by atoms with van der Waals surface area (Å²) in [5.74, 6) is 0.874. The first-order valence-corrected chi connectivity index (χ1v) is 8.68. The summed E-state index contributed by atoms with van der Waals surface area (Å²) in [5, 5.41) is 5.62. The Morgan fingerprint density at radius 1 is 1.04 bits per heavy atom. The van der Waals surface area contributed by atoms with Crippen LogP contribution in [-0.4, -0.2) is 32.1 Å². The number of anilines is 2. The Morgan fingerprint density at radius 3 is 2.44 bits per heavy atom. The van der Waals surface area contributed by atoms with Gasteiger partial charge in [0.25, 0.3) is 5.91 Å². The summed E-state index contributed by atoms with van der Waals surface area (Å²) in [7, 11) is 1.51. The quantitative estimate of drug-likeness (QED) is 0.843. The minimum Gasteiger partial charge on any atom is -0.493 e. The highest BCUT2D eigenvalue weighted by Gasteiger charge is 2.21. The Bertz CT molecular complexity index is 846. The number of rotatable bonds is 5. The maximum Gasteiger partial charge on any atom is 0.255 e. The molecule has 0 fully saturated rings. The summed E-state index contributed by atoms with van der Waals surface area (Å²) in [4.78, 5) is 24.5. The Kier molecular flexibility index (Phi) is 5.49. The monoisotopic (exact) mass is 370 g/mol. The molecule has 2 aromatic carbocycles. The highest BCUT2D eigenvalue weighted by atomic mass is 16.6. The molecule has 0 spiro atoms. The van der Waals surface area contributed by atoms with Crippen LogP contribution in [0.4, 0.5) is 11.4 Å². The van der Waals surface area contributed by atoms with Gasteiger partial charge in [-0.05, 0) is 30.3 Å². The van der Waals surface area contributed by atoms with Crippen LogP contribution in [0.3, 0.4) is 0 Å². The number of carbonyl (C=O) groups excluding carboxylic acids is 2. The number of ether oxygens (including phenoxy) is 3. The zero-order valence-corrected chi connectivity index (χ0v) is 15.5. The van der Waals surface area contributed by atoms with Crippen molar-refractivity contribution in [2.45, 2.75) is 13.8 Å². The lowest BCUT2D eigenvalue weighted by Crippen LogP contribution is -2.19. The molecular weight excluding hydrogens is 348 g/mol. The van der Waals surface area contributed by atoms with Gasteiger partial charge in [-0.3, -0.25) is 9.59 Å². The molecule has 0 aliphatic carbocycles. The molecule has 0 saturated heterocycles. The number of benzene rings is 2. The molecule has 3 rings (SSSR count). The number of hydrogen-bond donors (Lipinski definition) is 2. The molecule has 1 aliphatic rings. The van der Waals surface area contributed by atoms with E-state index in [9.17, 15) is 9.59 Å². The number of carbonyl (C=O) groups is 2. The van der Waals surface area contributed by atoms with Gasteiger partial charge in [-0.25, -0.2) is 0 Å². The maximum atomic E-state index is 12.7. The molecule has 0 aromatic heterocycles. The Hall–Kier alpha value is -3.22. The van der Waals surface area contributed by atoms with Crippen molar-refractivity contribution in [2.24, 2.45) is 5.92 Å². The lowest BCUT2D eigenvalue weighted by Gasteiger charge is -2.21. The standard InChI is InChI=1S/C20H22N2O5/c1-12(2)19(23)21-14-5-4-6-15(11-14)22-20(24)13-9-16(25-3)18-17(10-13)26-7-8-27-18/h4-6,9-12H,7-8H2,1-3H3,(H,21,23)(H,22,24). The Morgan fingerprint density at radius 2 is 1.74 bits per heavy atom. The first-order chi connectivity index (χ1) is 13.0. The molecule has 0 unspecified atom stereocenters. The van der Waals surface area contributed by atoms with Crippen LogP contribution < -0.4 is 24.8 Å². The molecule has 1 aliphatic heterocycles. The van der Waals surface area contributed by atoms with E-state index >= 15 is 0 Å². The molecular formula is C20H22N2O5. The fourth-order valence-corrected chi connectivity index (χ4v) is 2.57. The van der Waals surface area contributed by atoms with Crippen LogP contribution in [0, 0.1) is 5.92 Å². The summed E-state index contributed by atoms with van der Waals surface area (Å²) in [6.07, 6.45) is 0. The third kappa shape index (κ3) is 4.31. The Balaban J connectivity index is 1.78. The number of amides is 2. The van der Waals surface area contributed by atoms with E-state index in [1.807, 2.05) is 13.8 Å². The van der Waals surface area contributed by atoms with Crippen molar-refractivity contribution in [1.29, 1.82) is 0 Å². The van der Waals surface area contributed by atoms with Crippen LogP contribution in [0.2, 0.25) is 0 Å². The minimum atomic E-state index is -0.322. The lowest BCUT2D eigenvalue weighted by atomic mass is 10.1. The topological polar surface area (TPSA) is 85.9 Å². The highest BCUT2D eigenvalue weighted by molar-refractivity contribution is 6.05. The summed E-state index contributed by atoms with van der Waals surface area (Å²) >= 11 is 0. The molecule has 7 nitrogen and oxygen atoms in total. The molecule has 142 valence electrons. The minimum absolute atomic E-state index is 0.0879. The van der Waals surface area contributed by atoms with Crippen LogP contribution in [0.5, 0.6) is 17.2 Å². The molecule has 2 amide bonds. The number of hydrogen-bond acceptors (Lipinski definition) is 5. The SMILES string of the molecule is COc1cc(C(=O)Nc2cccc(NC(=O)C(C)C)c2)cc2c1OCCO2. The lowest BCUT2D eigenvalue weighted by molar-refractivity contribution is -0.118. The van der Waals surface area contributed by atoms with Gasteiger partial charge in [0, 0.05) is 22.9 Å². The number of nitrogens with one attached hydrogen (secondary N) is 2. The predicted octanol–water partition coefficient (Wildman–Crippen LogP) is 3.31. The molecule has 7 heteroatoms. The fourth-order valence-electron chi connectivity index (χ4n) is 2.57. The second-order valence-corrected chi connectivity index (χ2v) is 6.38. The van der Waals surface area contributed by atoms with E-state index in [1.165, 1.54) is 7.11 Å². The summed E-state index contributed by atoms with van der Waals surface area (Å²) in [6, 6.07) is 10.2. The van der Waals surface area contributed by atoms with Gasteiger partial charge in [-0.2, -0.15) is 0 Å². The summed E-state index contributed by atoms with van der Waals surface area (Å²) < 4.78 is 16.4. The van der Waals surface area contributed by atoms with Crippen molar-refractivity contribution in [3.63, 3.8) is 0 Å². The third-order valence-electron chi connectivity index (χ3n) is 4.00. The molecule has 0 bridgehead atoms. The van der Waals surface area contributed by atoms with Gasteiger partial charge in [-0.15, -0.1) is 0 Å². The molecule has 0 atom stereocenters. The molecule has 1 heterocycles. The largest absolute Gasteiger partial charge is 0.493 e. The summed E-state index contributed by atoms with van der Waals surface area (Å²) in [6.45, 7) is 4.48. The zero-order valence-electron chi connectivity index (χ0n) is 15.5. The smallest absolute Gasteiger partial charge is 0.255 e. The van der Waals surface area contributed by atoms with E-state index in [0.29, 0.717) is 47.4 Å². The van der Waals surface area contributed by atoms with Crippen LogP contribution in [-0.2, 0) is 4.79 Å². The third-order valence-corrected chi connectivity index (χ3v) is 4.00. The van der Waals surface area contributed by atoms with Crippen LogP contribution in [0.25, 0.3) is 0 Å². The highest BCUT2D eigenvalue weighted by Crippen LogP contribution is 2.40. The van der Waals surface area contributed by atoms with Gasteiger partial charge in [-0.1, -0.05) is 19.9 Å². The second-order valence-electron chi connectivity index (χ2n) is 6.38. The molecule has 0 radical (unpaired) electrons. The first-order valence-electron chi connectivity index (χ1n) is 8.68. The van der Waals surface area contributed by atoms with Crippen molar-refractivity contribution in [3.8, 4) is 17.2 Å². The molecule has 2 aromatic rings. The van der Waals surface area contributed by atoms with E-state index in [0.717, 1.165) is 0 Å². The fraction of sp³-hybridized carbons (Fsp3) is 0.300. The zero-order chi connectivity index (χ0) is 19.4. The Labute approximate surface area is 157 Å². The average molecular weight is 370 g/mol. The van der Waals surface area contributed by atoms with Gasteiger partial charge in [0.15, 0.2) is 11.5 Å². The second kappa shape index (κ2) is 7.99. The van der Waals surface area contributed by atoms with Gasteiger partial charge in [0.2, 0.25) is 11.7 Å². The van der Waals surface area contributed by atoms with Gasteiger partial charge in [0.1, 0.15) is 13.2 Å². The van der Waals surface area contributed by atoms with E-state index in [2.05, 4.69) is 10.6 Å². The van der Waals surface area contributed by atoms with Crippen LogP contribution in [0.15, 0.2) is 36.4 Å². The van der Waals surface area contributed by atoms with E-state index in [-0.39, 0.29) is 17.7 Å². The van der Waals surface area contributed by atoms with Crippen molar-refractivity contribution in [2.75, 3.05) is 31.0 Å². The number of methoxy groups -OCH3 is 1. The molecule has 0 saturated carbocycles. The van der Waals surface area contributed by atoms with Gasteiger partial charge < -0.3 is 24.8 Å². The average Bonchev–Trinajstić information content (AvgIpc) is 2.67. The van der Waals surface area contributed by atoms with Crippen molar-refractivity contribution >= 4 is 23.2 Å². The molecule has 2 N–H and O–H groups in total. The predicted molar refractivity (Wildman–Crippen MR) is 102 cm³/mol. The normalized spacial score (nSPS) is 12.4. The van der Waals surface area contributed by atoms with Gasteiger partial charge in [0.05, 0.1) is 7.11 Å². The van der Waals surface area contributed by atoms with E-state index in [1.54, 1.807) is 36.4 Å². The summed E-state index contributed by atoms with van der Waals surface area (Å²) in [5.41, 5.74) is 1.56. The number of fused-ring (bicyclic) bond motifs is 1. The maximum absolute atomic E-state index is 12.7. The van der Waals surface area contributed by atoms with Crippen molar-refractivity contribution in [1.82, 2.24) is 0 Å². The van der Waals surface area contributed by atoms with Crippen molar-refractivity contribution in [3.05, 3.63) is 42.0 Å². The van der Waals surface area contributed by atoms with Crippen molar-refractivity contribution < 1.29 is 23.8 Å². The van der Waals surface area contributed by atoms with E-state index in [4.69, 9.17) is 14.2 Å². The molecule has 27 heavy (non-hydrogen) atoms. The van der Waals surface area contributed by atoms with Crippen LogP contribution >= 0.6 is 0 Å². The van der Waals surface area contributed by atoms with E-state index < -0.39 is 0 Å². The first kappa shape index (κ1) is 18.6.